The summed E-state index contributed by atoms with van der Waals surface area (Å²) in [6, 6.07) is 68.1. The molecule has 2 aliphatic rings. The van der Waals surface area contributed by atoms with E-state index in [1.807, 2.05) is 23.7 Å². The van der Waals surface area contributed by atoms with Gasteiger partial charge in [0.05, 0.1) is 49.2 Å². The van der Waals surface area contributed by atoms with Crippen LogP contribution in [0.15, 0.2) is 212 Å². The zero-order valence-electron chi connectivity index (χ0n) is 55.7. The van der Waals surface area contributed by atoms with Gasteiger partial charge in [-0.15, -0.1) is 11.3 Å². The zero-order valence-corrected chi connectivity index (χ0v) is 56.5. The summed E-state index contributed by atoms with van der Waals surface area (Å²) in [5.41, 5.74) is 13.0. The van der Waals surface area contributed by atoms with Gasteiger partial charge in [0.25, 0.3) is 5.69 Å². The normalized spacial score (nSPS) is 15.5. The maximum atomic E-state index is 11.9. The van der Waals surface area contributed by atoms with E-state index >= 15 is 0 Å². The number of aliphatic hydroxyl groups is 1. The molecule has 2 aliphatic carbocycles. The van der Waals surface area contributed by atoms with Gasteiger partial charge in [0.1, 0.15) is 12.6 Å². The third-order valence-electron chi connectivity index (χ3n) is 17.0. The van der Waals surface area contributed by atoms with Crippen LogP contribution in [-0.4, -0.2) is 71.7 Å². The van der Waals surface area contributed by atoms with E-state index in [-0.39, 0.29) is 35.6 Å². The molecule has 7 aromatic carbocycles. The monoisotopic (exact) mass is 1360 g/mol. The molecule has 0 bridgehead atoms. The number of ether oxygens (including phenoxy) is 1. The van der Waals surface area contributed by atoms with Crippen molar-refractivity contribution < 1.29 is 63.0 Å². The molecule has 8 aromatic rings. The molecule has 25 heteroatoms. The van der Waals surface area contributed by atoms with Crippen molar-refractivity contribution in [2.75, 3.05) is 26.9 Å². The number of carbonyl (C=O) groups is 4. The molecular formula is C73H92N10O14S. The van der Waals surface area contributed by atoms with Crippen molar-refractivity contribution in [2.45, 2.75) is 107 Å². The molecule has 524 valence electrons. The van der Waals surface area contributed by atoms with Crippen molar-refractivity contribution in [3.63, 3.8) is 0 Å². The van der Waals surface area contributed by atoms with E-state index in [4.69, 9.17) is 46.0 Å². The molecule has 10 rings (SSSR count). The fourth-order valence-corrected chi connectivity index (χ4v) is 12.6. The Morgan fingerprint density at radius 2 is 1.16 bits per heavy atom. The molecule has 24 nitrogen and oxygen atoms in total. The lowest BCUT2D eigenvalue weighted by atomic mass is 9.73. The number of aryl methyl sites for hydroxylation is 1. The Labute approximate surface area is 575 Å². The predicted octanol–water partition coefficient (Wildman–Crippen LogP) is 9.29. The molecular weight excluding hydrogens is 1270 g/mol. The van der Waals surface area contributed by atoms with Crippen LogP contribution in [0.2, 0.25) is 0 Å². The lowest BCUT2D eigenvalue weighted by Gasteiger charge is -2.36. The van der Waals surface area contributed by atoms with Gasteiger partial charge < -0.3 is 34.9 Å². The number of nitrogens with two attached hydrogens (primary N) is 7. The number of thiazole rings is 1. The lowest BCUT2D eigenvalue weighted by Crippen LogP contribution is -2.50. The largest absolute Gasteiger partial charge is 0.468 e. The fourth-order valence-electron chi connectivity index (χ4n) is 12.0. The first-order chi connectivity index (χ1) is 47.3. The summed E-state index contributed by atoms with van der Waals surface area (Å²) in [6.45, 7) is 7.08. The number of rotatable bonds is 24. The Morgan fingerprint density at radius 3 is 1.61 bits per heavy atom. The van der Waals surface area contributed by atoms with Crippen LogP contribution in [0, 0.1) is 34.8 Å². The number of imide groups is 1. The third kappa shape index (κ3) is 22.9. The summed E-state index contributed by atoms with van der Waals surface area (Å²) in [6.07, 6.45) is 6.80. The number of hydrogen-bond acceptors (Lipinski definition) is 23. The Bertz CT molecular complexity index is 3530. The van der Waals surface area contributed by atoms with Gasteiger partial charge in [-0.3, -0.25) is 39.5 Å². The Morgan fingerprint density at radius 1 is 0.663 bits per heavy atom. The number of amides is 2. The highest BCUT2D eigenvalue weighted by Crippen LogP contribution is 2.68. The third-order valence-corrected chi connectivity index (χ3v) is 17.9. The van der Waals surface area contributed by atoms with Crippen LogP contribution in [0.3, 0.4) is 0 Å². The quantitative estimate of drug-likeness (QED) is 0.00894. The summed E-state index contributed by atoms with van der Waals surface area (Å²) in [5.74, 6) is 25.5. The number of nitro groups is 1. The van der Waals surface area contributed by atoms with Crippen LogP contribution < -0.4 is 46.4 Å². The van der Waals surface area contributed by atoms with E-state index in [2.05, 4.69) is 199 Å². The standard InChI is InChI=1S/C22H20.C17H21NO.C14H19NO3.C8H16N4O6.C7H8N2O3.C5H8N2OS/c1-17-21(18-11-5-2-6-12-18)22(17,19-13-7-3-8-14-19)20-15-9-4-10-16-20;1-17(13-8-14-19-18,15-9-4-2-5-10-15)16-11-6-3-7-12-16;15-18-13(16)14(17,11-7-3-1-4-8-11)12-9-5-2-6-10-12;1-16-8(15)4(2-17-10)6(13)12-7(14)5(9)3-18-11;8-12-5-6-2-1-3-7(4-6)9(10)11;1-4-7-5(2-8-6)3-9-4/h2-17,21H,1H3;2-7,9-12H,8,13-14,18H2,1H3;1,3-4,7-8,12,17H,2,5-6,9-10,15H2;4-5H,2-3,9-11H2,1H3,(H,12,13,14);1-4H,5,8H2;3H,2,6H2,1H3. The number of nitro benzene ring substituents is 1. The molecule has 0 saturated heterocycles. The van der Waals surface area contributed by atoms with E-state index < -0.39 is 52.8 Å². The minimum Gasteiger partial charge on any atom is -0.468 e. The van der Waals surface area contributed by atoms with Gasteiger partial charge in [0.15, 0.2) is 11.5 Å². The number of esters is 1. The van der Waals surface area contributed by atoms with Gasteiger partial charge in [-0.1, -0.05) is 227 Å². The molecule has 2 saturated carbocycles. The molecule has 2 fully saturated rings. The Hall–Kier alpha value is -8.87. The first-order valence-electron chi connectivity index (χ1n) is 31.7. The van der Waals surface area contributed by atoms with Gasteiger partial charge in [-0.2, -0.15) is 5.90 Å². The van der Waals surface area contributed by atoms with E-state index in [1.54, 1.807) is 47.7 Å². The SMILES string of the molecule is CC(CCCON)(c1ccccc1)c1ccccc1.CC1C(c2ccccc2)C1(c1ccccc1)c1ccccc1.COC(=O)C(CON)C(=O)NC(=O)C(N)CON.Cc1nc(CON)cs1.NOC(=O)C(O)(c1ccccc1)C1CCCCC1.NOCc1cccc([N+](=O)[O-])c1. The summed E-state index contributed by atoms with van der Waals surface area (Å²) < 4.78 is 4.35. The summed E-state index contributed by atoms with van der Waals surface area (Å²) in [5, 5.41) is 26.0. The van der Waals surface area contributed by atoms with E-state index in [9.17, 15) is 34.4 Å². The van der Waals surface area contributed by atoms with Gasteiger partial charge >= 0.3 is 11.9 Å². The Kier molecular flexibility index (Phi) is 34.3. The average Bonchev–Trinajstić information content (AvgIpc) is 1.52. The second-order valence-electron chi connectivity index (χ2n) is 23.3. The number of non-ortho nitro benzene ring substituents is 1. The van der Waals surface area contributed by atoms with E-state index in [1.165, 1.54) is 39.9 Å². The smallest absolute Gasteiger partial charge is 0.361 e. The maximum absolute atomic E-state index is 11.9. The number of nitrogens with zero attached hydrogens (tertiary/aromatic N) is 2. The van der Waals surface area contributed by atoms with Crippen LogP contribution in [0.5, 0.6) is 0 Å². The predicted molar refractivity (Wildman–Crippen MR) is 373 cm³/mol. The zero-order chi connectivity index (χ0) is 71.4. The molecule has 0 aliphatic heterocycles. The van der Waals surface area contributed by atoms with Crippen molar-refractivity contribution in [3.05, 3.63) is 271 Å². The number of aromatic nitrogens is 1. The first-order valence-corrected chi connectivity index (χ1v) is 32.6. The molecule has 5 atom stereocenters. The summed E-state index contributed by atoms with van der Waals surface area (Å²) in [7, 11) is 1.08. The minimum atomic E-state index is -1.61. The number of hydrogen-bond donors (Lipinski definition) is 9. The van der Waals surface area contributed by atoms with Crippen molar-refractivity contribution >= 4 is 40.8 Å². The fraction of sp³-hybridized carbons (Fsp3) is 0.329. The van der Waals surface area contributed by atoms with E-state index in [0.29, 0.717) is 36.2 Å². The molecule has 0 spiro atoms. The number of carbonyl (C=O) groups excluding carboxylic acids is 4. The number of methoxy groups -OCH3 is 1. The summed E-state index contributed by atoms with van der Waals surface area (Å²) >= 11 is 1.60. The molecule has 5 unspecified atom stereocenters. The molecule has 98 heavy (non-hydrogen) atoms. The van der Waals surface area contributed by atoms with Crippen LogP contribution >= 0.6 is 11.3 Å². The number of nitrogens with one attached hydrogen (secondary N) is 1. The minimum absolute atomic E-state index is 0.00104. The van der Waals surface area contributed by atoms with Gasteiger partial charge in [0.2, 0.25) is 11.8 Å². The number of benzene rings is 7. The molecule has 1 aromatic heterocycles. The average molecular weight is 1370 g/mol. The maximum Gasteiger partial charge on any atom is 0.361 e. The van der Waals surface area contributed by atoms with Crippen LogP contribution in [-0.2, 0) is 82.6 Å². The summed E-state index contributed by atoms with van der Waals surface area (Å²) in [4.78, 5) is 86.1. The highest BCUT2D eigenvalue weighted by Gasteiger charge is 2.64. The second-order valence-corrected chi connectivity index (χ2v) is 24.4. The van der Waals surface area contributed by atoms with Crippen molar-refractivity contribution in [3.8, 4) is 0 Å². The molecule has 1 heterocycles. The van der Waals surface area contributed by atoms with E-state index in [0.717, 1.165) is 62.8 Å². The molecule has 16 N–H and O–H groups in total. The van der Waals surface area contributed by atoms with Gasteiger partial charge in [-0.05, 0) is 77.5 Å². The van der Waals surface area contributed by atoms with Crippen molar-refractivity contribution in [2.24, 2.45) is 58.9 Å². The van der Waals surface area contributed by atoms with Crippen LogP contribution in [0.1, 0.15) is 114 Å². The first kappa shape index (κ1) is 79.8. The van der Waals surface area contributed by atoms with Crippen molar-refractivity contribution in [1.82, 2.24) is 10.3 Å². The topological polar surface area (TPSA) is 403 Å². The van der Waals surface area contributed by atoms with Gasteiger partial charge in [-0.25, -0.2) is 39.3 Å². The highest BCUT2D eigenvalue weighted by molar-refractivity contribution is 7.09. The lowest BCUT2D eigenvalue weighted by molar-refractivity contribution is -0.385. The molecule has 2 amide bonds. The highest BCUT2D eigenvalue weighted by atomic mass is 32.1. The molecule has 0 radical (unpaired) electrons. The van der Waals surface area contributed by atoms with Crippen LogP contribution in [0.25, 0.3) is 0 Å². The van der Waals surface area contributed by atoms with Gasteiger partial charge in [0, 0.05) is 40.2 Å². The Balaban J connectivity index is 0.000000216. The van der Waals surface area contributed by atoms with Crippen molar-refractivity contribution in [1.29, 1.82) is 0 Å². The van der Waals surface area contributed by atoms with Crippen LogP contribution in [0.4, 0.5) is 5.69 Å². The second kappa shape index (κ2) is 42.1.